The van der Waals surface area contributed by atoms with E-state index in [-0.39, 0.29) is 70.1 Å². The molecule has 468 valence electrons. The first kappa shape index (κ1) is 74.5. The van der Waals surface area contributed by atoms with E-state index in [0.717, 1.165) is 6.92 Å². The van der Waals surface area contributed by atoms with Gasteiger partial charge in [0.15, 0.2) is 11.9 Å². The van der Waals surface area contributed by atoms with Crippen molar-refractivity contribution in [3.05, 3.63) is 0 Å². The topological polar surface area (TPSA) is 587 Å². The monoisotopic (exact) mass is 1170 g/mol. The molecule has 0 saturated carbocycles. The molecule has 0 aliphatic carbocycles. The van der Waals surface area contributed by atoms with Crippen LogP contribution in [0.1, 0.15) is 105 Å². The fourth-order valence-electron chi connectivity index (χ4n) is 7.46. The Morgan fingerprint density at radius 3 is 1.18 bits per heavy atom. The van der Waals surface area contributed by atoms with Crippen LogP contribution < -0.4 is 88.0 Å². The number of carbonyl (C=O) groups excluding carboxylic acids is 10. The first-order valence-corrected chi connectivity index (χ1v) is 26.8. The molecule has 27 N–H and O–H groups in total. The van der Waals surface area contributed by atoms with Crippen LogP contribution in [0.3, 0.4) is 0 Å². The molecule has 0 spiro atoms. The predicted octanol–water partition coefficient (Wildman–Crippen LogP) is -9.21. The minimum Gasteiger partial charge on any atom is -0.480 e. The summed E-state index contributed by atoms with van der Waals surface area (Å²) in [5.74, 6) is -11.8. The van der Waals surface area contributed by atoms with E-state index >= 15 is 0 Å². The highest BCUT2D eigenvalue weighted by Crippen LogP contribution is 2.10. The van der Waals surface area contributed by atoms with Gasteiger partial charge < -0.3 is 113 Å². The van der Waals surface area contributed by atoms with Gasteiger partial charge in [-0.2, -0.15) is 0 Å². The van der Waals surface area contributed by atoms with Gasteiger partial charge in [0.05, 0.1) is 24.9 Å². The molecule has 34 heteroatoms. The zero-order valence-electron chi connectivity index (χ0n) is 47.6. The van der Waals surface area contributed by atoms with Crippen molar-refractivity contribution in [3.8, 4) is 0 Å². The van der Waals surface area contributed by atoms with Crippen molar-refractivity contribution in [2.45, 2.75) is 177 Å². The summed E-state index contributed by atoms with van der Waals surface area (Å²) in [6, 6.07) is -15.1. The maximum atomic E-state index is 14.2. The number of aliphatic hydroxyl groups excluding tert-OH is 3. The highest BCUT2D eigenvalue weighted by molar-refractivity contribution is 5.99. The number of hydrogen-bond donors (Lipinski definition) is 20. The van der Waals surface area contributed by atoms with Gasteiger partial charge in [-0.3, -0.25) is 57.9 Å². The molecule has 10 amide bonds. The number of guanidine groups is 2. The highest BCUT2D eigenvalue weighted by atomic mass is 16.4. The van der Waals surface area contributed by atoms with Crippen LogP contribution in [0.25, 0.3) is 0 Å². The fraction of sp³-hybridized carbons (Fsp3) is 0.729. The Labute approximate surface area is 476 Å². The number of aliphatic hydroxyl groups is 3. The molecule has 0 saturated heterocycles. The molecule has 0 radical (unpaired) electrons. The van der Waals surface area contributed by atoms with Gasteiger partial charge in [0.1, 0.15) is 54.4 Å². The number of carboxylic acid groups (broad SMARTS) is 1. The van der Waals surface area contributed by atoms with E-state index in [2.05, 4.69) is 57.8 Å². The van der Waals surface area contributed by atoms with Gasteiger partial charge in [0.25, 0.3) is 0 Å². The standard InChI is InChI=1S/C48H91N19O15/c1-24(50)37(72)59-31(16-12-21-57-48(54)55)42(77)66-36(27(4)70)45(80)63-29(14-8-10-22-67(5)6)39(74)62-32(17-18-34(51)71)43(78)65-35(26(3)69)44(79)58-25(2)38(73)60-30(15-11-20-56-47(52)53)40(75)61-28(13-7-9-19-49)41(76)64-33(23-68)46(81)82/h24-33,35-36,68-70H,7-23,49-50H2,1-6H3,(H2,51,71)(H,58,79)(H,59,72)(H,60,73)(H,61,75)(H,62,74)(H,63,80)(H,64,76)(H,65,78)(H,66,77)(H,81,82)(H4,52,53,56)(H4,54,55,57). The van der Waals surface area contributed by atoms with Crippen LogP contribution in [-0.4, -0.2) is 222 Å². The lowest BCUT2D eigenvalue weighted by Crippen LogP contribution is -2.62. The van der Waals surface area contributed by atoms with Crippen molar-refractivity contribution in [1.82, 2.24) is 52.8 Å². The Bertz CT molecular complexity index is 2160. The van der Waals surface area contributed by atoms with Gasteiger partial charge >= 0.3 is 5.97 Å². The van der Waals surface area contributed by atoms with Crippen LogP contribution in [0.2, 0.25) is 0 Å². The third kappa shape index (κ3) is 30.9. The summed E-state index contributed by atoms with van der Waals surface area (Å²) >= 11 is 0. The summed E-state index contributed by atoms with van der Waals surface area (Å²) < 4.78 is 0. The lowest BCUT2D eigenvalue weighted by Gasteiger charge is -2.29. The molecule has 0 aromatic carbocycles. The predicted molar refractivity (Wildman–Crippen MR) is 298 cm³/mol. The van der Waals surface area contributed by atoms with Gasteiger partial charge in [0.2, 0.25) is 59.1 Å². The normalized spacial score (nSPS) is 15.5. The smallest absolute Gasteiger partial charge is 0.328 e. The molecule has 34 nitrogen and oxygen atoms in total. The molecular formula is C48H91N19O15. The van der Waals surface area contributed by atoms with Crippen LogP contribution in [0.15, 0.2) is 9.98 Å². The molecular weight excluding hydrogens is 1080 g/mol. The van der Waals surface area contributed by atoms with Gasteiger partial charge in [0, 0.05) is 19.5 Å². The number of primary amides is 1. The number of carboxylic acids is 1. The van der Waals surface area contributed by atoms with E-state index in [9.17, 15) is 73.2 Å². The number of aliphatic imine (C=N–C) groups is 2. The number of nitrogens with two attached hydrogens (primary N) is 7. The summed E-state index contributed by atoms with van der Waals surface area (Å²) in [5.41, 5.74) is 38.3. The number of hydrogen-bond acceptors (Lipinski definition) is 19. The molecule has 0 heterocycles. The molecule has 0 rings (SSSR count). The van der Waals surface area contributed by atoms with Gasteiger partial charge in [-0.05, 0) is 126 Å². The van der Waals surface area contributed by atoms with Crippen LogP contribution in [0.5, 0.6) is 0 Å². The molecule has 0 bridgehead atoms. The van der Waals surface area contributed by atoms with Gasteiger partial charge in [-0.25, -0.2) is 4.79 Å². The van der Waals surface area contributed by atoms with Crippen molar-refractivity contribution >= 4 is 77.0 Å². The van der Waals surface area contributed by atoms with Crippen LogP contribution in [0.4, 0.5) is 0 Å². The Balaban J connectivity index is 6.74. The maximum Gasteiger partial charge on any atom is 0.328 e. The first-order valence-electron chi connectivity index (χ1n) is 26.8. The molecule has 12 unspecified atom stereocenters. The number of rotatable bonds is 42. The Kier molecular flexibility index (Phi) is 36.1. The third-order valence-electron chi connectivity index (χ3n) is 12.1. The van der Waals surface area contributed by atoms with Crippen molar-refractivity contribution in [2.75, 3.05) is 46.9 Å². The average Bonchev–Trinajstić information content (AvgIpc) is 3.46. The zero-order valence-corrected chi connectivity index (χ0v) is 47.6. The number of nitrogens with one attached hydrogen (secondary N) is 9. The SMILES string of the molecule is CC(N)C(=O)NC(CCCN=C(N)N)C(=O)NC(C(=O)NC(CCCCN(C)C)C(=O)NC(CCC(N)=O)C(=O)NC(C(=O)NC(C)C(=O)NC(CCCN=C(N)N)C(=O)NC(CCCCN)C(=O)NC(CO)C(=O)O)C(C)O)C(C)O. The molecule has 0 aromatic rings. The van der Waals surface area contributed by atoms with Crippen molar-refractivity contribution in [2.24, 2.45) is 50.1 Å². The summed E-state index contributed by atoms with van der Waals surface area (Å²) in [6.45, 7) is 4.73. The Morgan fingerprint density at radius 2 is 0.817 bits per heavy atom. The maximum absolute atomic E-state index is 14.2. The third-order valence-corrected chi connectivity index (χ3v) is 12.1. The molecule has 0 fully saturated rings. The van der Waals surface area contributed by atoms with E-state index in [1.807, 2.05) is 4.90 Å². The minimum absolute atomic E-state index is 0.0124. The van der Waals surface area contributed by atoms with Crippen molar-refractivity contribution in [1.29, 1.82) is 0 Å². The lowest BCUT2D eigenvalue weighted by molar-refractivity contribution is -0.143. The van der Waals surface area contributed by atoms with Crippen LogP contribution in [0, 0.1) is 0 Å². The molecule has 82 heavy (non-hydrogen) atoms. The fourth-order valence-corrected chi connectivity index (χ4v) is 7.46. The molecule has 0 aliphatic heterocycles. The number of nitrogens with zero attached hydrogens (tertiary/aromatic N) is 3. The summed E-state index contributed by atoms with van der Waals surface area (Å²) in [5, 5.41) is 61.9. The van der Waals surface area contributed by atoms with Crippen LogP contribution >= 0.6 is 0 Å². The van der Waals surface area contributed by atoms with Gasteiger partial charge in [-0.15, -0.1) is 0 Å². The molecule has 0 aromatic heterocycles. The van der Waals surface area contributed by atoms with E-state index in [1.54, 1.807) is 14.1 Å². The first-order chi connectivity index (χ1) is 38.4. The second-order valence-corrected chi connectivity index (χ2v) is 19.8. The number of aliphatic carboxylic acids is 1. The van der Waals surface area contributed by atoms with E-state index in [4.69, 9.17) is 40.1 Å². The van der Waals surface area contributed by atoms with Crippen molar-refractivity contribution < 1.29 is 73.2 Å². The number of amides is 10. The molecule has 0 aliphatic rings. The van der Waals surface area contributed by atoms with E-state index in [0.29, 0.717) is 32.2 Å². The minimum atomic E-state index is -1.86. The number of carbonyl (C=O) groups is 11. The number of unbranched alkanes of at least 4 members (excludes halogenated alkanes) is 2. The Hall–Kier alpha value is -7.53. The summed E-state index contributed by atoms with van der Waals surface area (Å²) in [6.07, 6.45) is -2.78. The average molecular weight is 1170 g/mol. The van der Waals surface area contributed by atoms with E-state index in [1.165, 1.54) is 20.8 Å². The quantitative estimate of drug-likeness (QED) is 0.0153. The second-order valence-electron chi connectivity index (χ2n) is 19.8. The summed E-state index contributed by atoms with van der Waals surface area (Å²) in [7, 11) is 3.61. The Morgan fingerprint density at radius 1 is 0.463 bits per heavy atom. The van der Waals surface area contributed by atoms with E-state index < -0.39 is 157 Å². The van der Waals surface area contributed by atoms with Crippen LogP contribution in [-0.2, 0) is 52.7 Å². The highest BCUT2D eigenvalue weighted by Gasteiger charge is 2.37. The lowest BCUT2D eigenvalue weighted by atomic mass is 10.0. The molecule has 12 atom stereocenters. The summed E-state index contributed by atoms with van der Waals surface area (Å²) in [4.78, 5) is 156. The van der Waals surface area contributed by atoms with Crippen molar-refractivity contribution in [3.63, 3.8) is 0 Å². The largest absolute Gasteiger partial charge is 0.480 e. The second kappa shape index (κ2) is 39.8. The zero-order chi connectivity index (χ0) is 62.8. The van der Waals surface area contributed by atoms with Gasteiger partial charge in [-0.1, -0.05) is 0 Å².